The van der Waals surface area contributed by atoms with Crippen LogP contribution < -0.4 is 0 Å². The van der Waals surface area contributed by atoms with Gasteiger partial charge >= 0.3 is 5.97 Å². The van der Waals surface area contributed by atoms with E-state index < -0.39 is 11.6 Å². The average Bonchev–Trinajstić information content (AvgIpc) is 2.29. The maximum absolute atomic E-state index is 11.5. The number of benzene rings is 1. The Labute approximate surface area is 89.0 Å². The maximum atomic E-state index is 11.5. The predicted molar refractivity (Wildman–Crippen MR) is 57.2 cm³/mol. The number of carbonyl (C=O) groups excluding carboxylic acids is 1. The van der Waals surface area contributed by atoms with Gasteiger partial charge < -0.3 is 9.84 Å². The topological polar surface area (TPSA) is 46.5 Å². The fourth-order valence-electron chi connectivity index (χ4n) is 1.37. The number of aliphatic hydroxyl groups is 1. The molecule has 0 bridgehead atoms. The Balaban J connectivity index is 3.18. The monoisotopic (exact) mass is 206 g/mol. The predicted octanol–water partition coefficient (Wildman–Crippen LogP) is 1.62. The van der Waals surface area contributed by atoms with E-state index in [1.54, 1.807) is 37.3 Å². The summed E-state index contributed by atoms with van der Waals surface area (Å²) in [6.45, 7) is 1.73. The van der Waals surface area contributed by atoms with Crippen molar-refractivity contribution >= 4 is 5.97 Å². The quantitative estimate of drug-likeness (QED) is 0.604. The molecule has 0 aliphatic heterocycles. The summed E-state index contributed by atoms with van der Waals surface area (Å²) in [4.78, 5) is 11.5. The van der Waals surface area contributed by atoms with Crippen LogP contribution in [0.3, 0.4) is 0 Å². The lowest BCUT2D eigenvalue weighted by Crippen LogP contribution is -2.34. The summed E-state index contributed by atoms with van der Waals surface area (Å²) >= 11 is 0. The first-order chi connectivity index (χ1) is 7.15. The molecule has 0 heterocycles. The summed E-state index contributed by atoms with van der Waals surface area (Å²) in [5.74, 6) is -0.688. The number of rotatable bonds is 3. The zero-order chi connectivity index (χ0) is 11.3. The molecule has 1 unspecified atom stereocenters. The van der Waals surface area contributed by atoms with E-state index in [0.29, 0.717) is 5.56 Å². The van der Waals surface area contributed by atoms with E-state index in [-0.39, 0.29) is 0 Å². The van der Waals surface area contributed by atoms with E-state index >= 15 is 0 Å². The highest BCUT2D eigenvalue weighted by molar-refractivity contribution is 5.83. The van der Waals surface area contributed by atoms with Crippen molar-refractivity contribution in [1.82, 2.24) is 0 Å². The molecule has 1 aromatic rings. The molecule has 1 aromatic carbocycles. The van der Waals surface area contributed by atoms with Crippen molar-refractivity contribution in [2.24, 2.45) is 0 Å². The lowest BCUT2D eigenvalue weighted by Gasteiger charge is -2.21. The number of esters is 1. The number of hydrogen-bond acceptors (Lipinski definition) is 3. The van der Waals surface area contributed by atoms with Gasteiger partial charge in [0, 0.05) is 0 Å². The highest BCUT2D eigenvalue weighted by Crippen LogP contribution is 2.24. The van der Waals surface area contributed by atoms with Crippen LogP contribution in [-0.2, 0) is 15.1 Å². The van der Waals surface area contributed by atoms with Gasteiger partial charge in [-0.1, -0.05) is 36.4 Å². The molecule has 0 saturated carbocycles. The van der Waals surface area contributed by atoms with Gasteiger partial charge in [-0.2, -0.15) is 0 Å². The molecule has 1 rings (SSSR count). The summed E-state index contributed by atoms with van der Waals surface area (Å²) in [5.41, 5.74) is -1.19. The van der Waals surface area contributed by atoms with Crippen LogP contribution in [0.25, 0.3) is 0 Å². The van der Waals surface area contributed by atoms with Crippen LogP contribution in [0.2, 0.25) is 0 Å². The summed E-state index contributed by atoms with van der Waals surface area (Å²) in [6.07, 6.45) is 3.03. The first-order valence-electron chi connectivity index (χ1n) is 4.65. The Morgan fingerprint density at radius 1 is 1.40 bits per heavy atom. The second-order valence-electron chi connectivity index (χ2n) is 3.12. The summed E-state index contributed by atoms with van der Waals surface area (Å²) < 4.78 is 4.58. The summed E-state index contributed by atoms with van der Waals surface area (Å²) in [5, 5.41) is 10.2. The molecule has 80 valence electrons. The van der Waals surface area contributed by atoms with Crippen LogP contribution in [0.15, 0.2) is 42.5 Å². The smallest absolute Gasteiger partial charge is 0.346 e. The molecule has 0 fully saturated rings. The number of ether oxygens (including phenoxy) is 1. The highest BCUT2D eigenvalue weighted by atomic mass is 16.5. The summed E-state index contributed by atoms with van der Waals surface area (Å²) in [6, 6.07) is 8.68. The standard InChI is InChI=1S/C12H14O3/c1-3-9-12(14,11(13)15-2)10-7-5-4-6-8-10/h3-9,14H,1-2H3/b9-3-. The Morgan fingerprint density at radius 2 is 2.00 bits per heavy atom. The molecular weight excluding hydrogens is 192 g/mol. The minimum atomic E-state index is -1.69. The Hall–Kier alpha value is -1.61. The minimum absolute atomic E-state index is 0.495. The lowest BCUT2D eigenvalue weighted by molar-refractivity contribution is -0.158. The number of methoxy groups -OCH3 is 1. The van der Waals surface area contributed by atoms with Crippen molar-refractivity contribution in [1.29, 1.82) is 0 Å². The molecule has 0 radical (unpaired) electrons. The molecule has 0 amide bonds. The summed E-state index contributed by atoms with van der Waals surface area (Å²) in [7, 11) is 1.25. The number of allylic oxidation sites excluding steroid dienone is 1. The SMILES string of the molecule is C/C=C\C(O)(C(=O)OC)c1ccccc1. The molecule has 0 aliphatic carbocycles. The molecule has 3 nitrogen and oxygen atoms in total. The van der Waals surface area contributed by atoms with Gasteiger partial charge in [-0.05, 0) is 18.6 Å². The Kier molecular flexibility index (Phi) is 3.63. The van der Waals surface area contributed by atoms with Crippen LogP contribution in [0.4, 0.5) is 0 Å². The van der Waals surface area contributed by atoms with Crippen molar-refractivity contribution in [2.45, 2.75) is 12.5 Å². The lowest BCUT2D eigenvalue weighted by atomic mass is 9.93. The normalized spacial score (nSPS) is 14.9. The van der Waals surface area contributed by atoms with Gasteiger partial charge in [0.05, 0.1) is 7.11 Å². The fourth-order valence-corrected chi connectivity index (χ4v) is 1.37. The first kappa shape index (κ1) is 11.5. The fraction of sp³-hybridized carbons (Fsp3) is 0.250. The average molecular weight is 206 g/mol. The second-order valence-corrected chi connectivity index (χ2v) is 3.12. The van der Waals surface area contributed by atoms with Crippen LogP contribution in [0.1, 0.15) is 12.5 Å². The molecule has 15 heavy (non-hydrogen) atoms. The van der Waals surface area contributed by atoms with Crippen LogP contribution >= 0.6 is 0 Å². The van der Waals surface area contributed by atoms with Gasteiger partial charge in [-0.25, -0.2) is 4.79 Å². The molecule has 3 heteroatoms. The third kappa shape index (κ3) is 2.25. The minimum Gasteiger partial charge on any atom is -0.466 e. The largest absolute Gasteiger partial charge is 0.466 e. The molecule has 0 saturated heterocycles. The van der Waals surface area contributed by atoms with Gasteiger partial charge in [0.1, 0.15) is 0 Å². The first-order valence-corrected chi connectivity index (χ1v) is 4.65. The zero-order valence-corrected chi connectivity index (χ0v) is 8.81. The van der Waals surface area contributed by atoms with Crippen LogP contribution in [0.5, 0.6) is 0 Å². The molecule has 0 aromatic heterocycles. The Morgan fingerprint density at radius 3 is 2.47 bits per heavy atom. The van der Waals surface area contributed by atoms with E-state index in [2.05, 4.69) is 4.74 Å². The Bertz CT molecular complexity index is 356. The number of carbonyl (C=O) groups is 1. The van der Waals surface area contributed by atoms with Crippen molar-refractivity contribution in [3.05, 3.63) is 48.0 Å². The third-order valence-electron chi connectivity index (χ3n) is 2.12. The van der Waals surface area contributed by atoms with Crippen molar-refractivity contribution in [3.63, 3.8) is 0 Å². The van der Waals surface area contributed by atoms with Crippen LogP contribution in [0, 0.1) is 0 Å². The molecular formula is C12H14O3. The van der Waals surface area contributed by atoms with Gasteiger partial charge in [-0.15, -0.1) is 0 Å². The molecule has 1 atom stereocenters. The van der Waals surface area contributed by atoms with E-state index in [1.165, 1.54) is 13.2 Å². The van der Waals surface area contributed by atoms with Gasteiger partial charge in [0.25, 0.3) is 0 Å². The van der Waals surface area contributed by atoms with Crippen molar-refractivity contribution in [2.75, 3.05) is 7.11 Å². The third-order valence-corrected chi connectivity index (χ3v) is 2.12. The maximum Gasteiger partial charge on any atom is 0.346 e. The molecule has 1 N–H and O–H groups in total. The van der Waals surface area contributed by atoms with Gasteiger partial charge in [0.15, 0.2) is 0 Å². The van der Waals surface area contributed by atoms with E-state index in [0.717, 1.165) is 0 Å². The van der Waals surface area contributed by atoms with Crippen molar-refractivity contribution < 1.29 is 14.6 Å². The van der Waals surface area contributed by atoms with E-state index in [4.69, 9.17) is 0 Å². The van der Waals surface area contributed by atoms with E-state index in [9.17, 15) is 9.90 Å². The highest BCUT2D eigenvalue weighted by Gasteiger charge is 2.35. The van der Waals surface area contributed by atoms with Crippen molar-refractivity contribution in [3.8, 4) is 0 Å². The second kappa shape index (κ2) is 4.75. The van der Waals surface area contributed by atoms with Crippen LogP contribution in [-0.4, -0.2) is 18.2 Å². The zero-order valence-electron chi connectivity index (χ0n) is 8.81. The van der Waals surface area contributed by atoms with E-state index in [1.807, 2.05) is 6.07 Å². The van der Waals surface area contributed by atoms with Gasteiger partial charge in [-0.3, -0.25) is 0 Å². The molecule has 0 spiro atoms. The number of hydrogen-bond donors (Lipinski definition) is 1. The molecule has 0 aliphatic rings. The van der Waals surface area contributed by atoms with Gasteiger partial charge in [0.2, 0.25) is 5.60 Å².